The van der Waals surface area contributed by atoms with Gasteiger partial charge in [0.05, 0.1) is 0 Å². The number of hydrogen-bond donors (Lipinski definition) is 2. The van der Waals surface area contributed by atoms with Crippen molar-refractivity contribution in [1.29, 1.82) is 0 Å². The first-order valence-electron chi connectivity index (χ1n) is 8.62. The molecular formula is C20H17ClN4O3. The van der Waals surface area contributed by atoms with Gasteiger partial charge in [0, 0.05) is 29.0 Å². The molecule has 0 fully saturated rings. The van der Waals surface area contributed by atoms with E-state index >= 15 is 0 Å². The number of rotatable bonds is 5. The number of amides is 1. The molecule has 0 saturated carbocycles. The van der Waals surface area contributed by atoms with Crippen molar-refractivity contribution in [2.24, 2.45) is 0 Å². The van der Waals surface area contributed by atoms with Crippen LogP contribution in [-0.2, 0) is 6.54 Å². The average molecular weight is 397 g/mol. The molecule has 1 aromatic heterocycles. The number of carbonyl (C=O) groups excluding carboxylic acids is 1. The SMILES string of the molecule is Cc1cc(C(=O)NCc2ccccc2Cl)nc(Nc2ccc3c(c2)OCO3)n1. The summed E-state index contributed by atoms with van der Waals surface area (Å²) in [5.41, 5.74) is 2.50. The third-order valence-corrected chi connectivity index (χ3v) is 4.48. The fraction of sp³-hybridized carbons (Fsp3) is 0.150. The van der Waals surface area contributed by atoms with Crippen LogP contribution >= 0.6 is 11.6 Å². The molecule has 1 aliphatic heterocycles. The van der Waals surface area contributed by atoms with Gasteiger partial charge in [0.2, 0.25) is 12.7 Å². The zero-order valence-corrected chi connectivity index (χ0v) is 15.8. The second-order valence-electron chi connectivity index (χ2n) is 6.19. The largest absolute Gasteiger partial charge is 0.454 e. The molecule has 0 saturated heterocycles. The molecule has 3 aromatic rings. The first-order chi connectivity index (χ1) is 13.6. The number of nitrogens with zero attached hydrogens (tertiary/aromatic N) is 2. The molecule has 2 N–H and O–H groups in total. The van der Waals surface area contributed by atoms with E-state index in [1.165, 1.54) is 0 Å². The Balaban J connectivity index is 1.48. The van der Waals surface area contributed by atoms with Gasteiger partial charge in [-0.3, -0.25) is 4.79 Å². The molecule has 1 aliphatic rings. The predicted molar refractivity (Wildman–Crippen MR) is 105 cm³/mol. The van der Waals surface area contributed by atoms with Gasteiger partial charge in [0.15, 0.2) is 11.5 Å². The van der Waals surface area contributed by atoms with Crippen LogP contribution in [0.2, 0.25) is 5.02 Å². The van der Waals surface area contributed by atoms with E-state index in [-0.39, 0.29) is 18.4 Å². The Labute approximate surface area is 166 Å². The molecule has 1 amide bonds. The molecule has 28 heavy (non-hydrogen) atoms. The second kappa shape index (κ2) is 7.74. The maximum atomic E-state index is 12.5. The van der Waals surface area contributed by atoms with Crippen LogP contribution in [0.3, 0.4) is 0 Å². The molecule has 0 radical (unpaired) electrons. The smallest absolute Gasteiger partial charge is 0.270 e. The fourth-order valence-corrected chi connectivity index (χ4v) is 2.95. The Morgan fingerprint density at radius 1 is 1.11 bits per heavy atom. The summed E-state index contributed by atoms with van der Waals surface area (Å²) in [6.45, 7) is 2.32. The average Bonchev–Trinajstić information content (AvgIpc) is 3.14. The molecule has 2 aromatic carbocycles. The zero-order chi connectivity index (χ0) is 19.5. The van der Waals surface area contributed by atoms with Gasteiger partial charge in [-0.2, -0.15) is 0 Å². The lowest BCUT2D eigenvalue weighted by atomic mass is 10.2. The molecule has 0 aliphatic carbocycles. The molecule has 7 nitrogen and oxygen atoms in total. The summed E-state index contributed by atoms with van der Waals surface area (Å²) in [6, 6.07) is 14.4. The molecule has 8 heteroatoms. The van der Waals surface area contributed by atoms with E-state index in [0.717, 1.165) is 11.3 Å². The number of ether oxygens (including phenoxy) is 2. The number of fused-ring (bicyclic) bond motifs is 1. The number of halogens is 1. The summed E-state index contributed by atoms with van der Waals surface area (Å²) in [4.78, 5) is 21.2. The van der Waals surface area contributed by atoms with Crippen molar-refractivity contribution in [3.8, 4) is 11.5 Å². The zero-order valence-electron chi connectivity index (χ0n) is 15.0. The first kappa shape index (κ1) is 18.1. The highest BCUT2D eigenvalue weighted by atomic mass is 35.5. The van der Waals surface area contributed by atoms with Gasteiger partial charge in [0.1, 0.15) is 5.69 Å². The lowest BCUT2D eigenvalue weighted by molar-refractivity contribution is 0.0945. The number of hydrogen-bond acceptors (Lipinski definition) is 6. The lowest BCUT2D eigenvalue weighted by Crippen LogP contribution is -2.24. The van der Waals surface area contributed by atoms with E-state index in [1.807, 2.05) is 24.3 Å². The quantitative estimate of drug-likeness (QED) is 0.681. The van der Waals surface area contributed by atoms with Gasteiger partial charge in [-0.15, -0.1) is 0 Å². The van der Waals surface area contributed by atoms with Crippen molar-refractivity contribution in [2.75, 3.05) is 12.1 Å². The number of carbonyl (C=O) groups is 1. The summed E-state index contributed by atoms with van der Waals surface area (Å²) >= 11 is 6.13. The monoisotopic (exact) mass is 396 g/mol. The van der Waals surface area contributed by atoms with E-state index < -0.39 is 0 Å². The Morgan fingerprint density at radius 3 is 2.79 bits per heavy atom. The number of nitrogens with one attached hydrogen (secondary N) is 2. The van der Waals surface area contributed by atoms with E-state index in [4.69, 9.17) is 21.1 Å². The van der Waals surface area contributed by atoms with E-state index in [2.05, 4.69) is 20.6 Å². The Bertz CT molecular complexity index is 1040. The molecule has 0 spiro atoms. The molecular weight excluding hydrogens is 380 g/mol. The van der Waals surface area contributed by atoms with Gasteiger partial charge in [-0.05, 0) is 36.8 Å². The second-order valence-corrected chi connectivity index (χ2v) is 6.59. The van der Waals surface area contributed by atoms with Crippen LogP contribution in [0.4, 0.5) is 11.6 Å². The number of benzene rings is 2. The molecule has 2 heterocycles. The van der Waals surface area contributed by atoms with Crippen molar-refractivity contribution in [1.82, 2.24) is 15.3 Å². The van der Waals surface area contributed by atoms with Crippen LogP contribution in [0.25, 0.3) is 0 Å². The van der Waals surface area contributed by atoms with E-state index in [0.29, 0.717) is 34.7 Å². The third kappa shape index (κ3) is 3.99. The van der Waals surface area contributed by atoms with Crippen LogP contribution in [-0.4, -0.2) is 22.7 Å². The molecule has 0 bridgehead atoms. The summed E-state index contributed by atoms with van der Waals surface area (Å²) in [5, 5.41) is 6.53. The molecule has 0 atom stereocenters. The van der Waals surface area contributed by atoms with E-state index in [9.17, 15) is 4.79 Å². The molecule has 4 rings (SSSR count). The molecule has 142 valence electrons. The minimum Gasteiger partial charge on any atom is -0.454 e. The standard InChI is InChI=1S/C20H17ClN4O3/c1-12-8-16(19(26)22-10-13-4-2-3-5-15(13)21)25-20(23-12)24-14-6-7-17-18(9-14)28-11-27-17/h2-9H,10-11H2,1H3,(H,22,26)(H,23,24,25). The van der Waals surface area contributed by atoms with Crippen molar-refractivity contribution < 1.29 is 14.3 Å². The van der Waals surface area contributed by atoms with Crippen LogP contribution in [0, 0.1) is 6.92 Å². The van der Waals surface area contributed by atoms with E-state index in [1.54, 1.807) is 31.2 Å². The third-order valence-electron chi connectivity index (χ3n) is 4.11. The van der Waals surface area contributed by atoms with Crippen LogP contribution in [0.5, 0.6) is 11.5 Å². The van der Waals surface area contributed by atoms with Crippen LogP contribution in [0.15, 0.2) is 48.5 Å². The minimum atomic E-state index is -0.306. The first-order valence-corrected chi connectivity index (χ1v) is 9.00. The summed E-state index contributed by atoms with van der Waals surface area (Å²) in [5.74, 6) is 1.35. The summed E-state index contributed by atoms with van der Waals surface area (Å²) in [7, 11) is 0. The van der Waals surface area contributed by atoms with Crippen molar-refractivity contribution in [3.63, 3.8) is 0 Å². The number of aromatic nitrogens is 2. The van der Waals surface area contributed by atoms with Crippen molar-refractivity contribution in [2.45, 2.75) is 13.5 Å². The highest BCUT2D eigenvalue weighted by Crippen LogP contribution is 2.34. The number of anilines is 2. The van der Waals surface area contributed by atoms with Gasteiger partial charge in [-0.1, -0.05) is 29.8 Å². The van der Waals surface area contributed by atoms with Gasteiger partial charge in [-0.25, -0.2) is 9.97 Å². The maximum Gasteiger partial charge on any atom is 0.270 e. The summed E-state index contributed by atoms with van der Waals surface area (Å²) < 4.78 is 10.7. The number of aryl methyl sites for hydroxylation is 1. The molecule has 0 unspecified atom stereocenters. The topological polar surface area (TPSA) is 85.4 Å². The highest BCUT2D eigenvalue weighted by Gasteiger charge is 2.15. The van der Waals surface area contributed by atoms with Gasteiger partial charge in [0.25, 0.3) is 5.91 Å². The van der Waals surface area contributed by atoms with Gasteiger partial charge >= 0.3 is 0 Å². The van der Waals surface area contributed by atoms with Crippen molar-refractivity contribution >= 4 is 29.1 Å². The van der Waals surface area contributed by atoms with Crippen LogP contribution in [0.1, 0.15) is 21.7 Å². The predicted octanol–water partition coefficient (Wildman–Crippen LogP) is 3.84. The van der Waals surface area contributed by atoms with Crippen LogP contribution < -0.4 is 20.1 Å². The minimum absolute atomic E-state index is 0.204. The van der Waals surface area contributed by atoms with Gasteiger partial charge < -0.3 is 20.1 Å². The highest BCUT2D eigenvalue weighted by molar-refractivity contribution is 6.31. The fourth-order valence-electron chi connectivity index (χ4n) is 2.75. The Morgan fingerprint density at radius 2 is 1.93 bits per heavy atom. The maximum absolute atomic E-state index is 12.5. The Kier molecular flexibility index (Phi) is 4.99. The van der Waals surface area contributed by atoms with Crippen molar-refractivity contribution in [3.05, 3.63) is 70.5 Å². The Hall–Kier alpha value is -3.32. The lowest BCUT2D eigenvalue weighted by Gasteiger charge is -2.10. The summed E-state index contributed by atoms with van der Waals surface area (Å²) in [6.07, 6.45) is 0. The normalized spacial score (nSPS) is 11.9.